The fourth-order valence-corrected chi connectivity index (χ4v) is 2.10. The molecule has 0 aliphatic heterocycles. The number of rotatable bonds is 7. The van der Waals surface area contributed by atoms with E-state index in [-0.39, 0.29) is 0 Å². The third kappa shape index (κ3) is 5.48. The van der Waals surface area contributed by atoms with Gasteiger partial charge < -0.3 is 4.74 Å². The molecule has 0 radical (unpaired) electrons. The molecule has 0 atom stereocenters. The van der Waals surface area contributed by atoms with Gasteiger partial charge in [0.25, 0.3) is 0 Å². The van der Waals surface area contributed by atoms with Crippen LogP contribution < -0.4 is 4.74 Å². The molecular weight excluding hydrogens is 282 g/mol. The first-order valence-corrected chi connectivity index (χ1v) is 7.88. The Kier molecular flexibility index (Phi) is 6.68. The van der Waals surface area contributed by atoms with Crippen molar-refractivity contribution in [3.05, 3.63) is 78.4 Å². The molecule has 0 saturated heterocycles. The van der Waals surface area contributed by atoms with Gasteiger partial charge >= 0.3 is 0 Å². The van der Waals surface area contributed by atoms with Gasteiger partial charge in [0.1, 0.15) is 12.4 Å². The first-order chi connectivity index (χ1) is 11.3. The SMILES string of the molecule is CCCC=CC=CCOc1ccc(-c2ccc(C#N)cc2)cc1. The van der Waals surface area contributed by atoms with Crippen LogP contribution in [-0.4, -0.2) is 6.61 Å². The van der Waals surface area contributed by atoms with Crippen LogP contribution >= 0.6 is 0 Å². The van der Waals surface area contributed by atoms with E-state index >= 15 is 0 Å². The summed E-state index contributed by atoms with van der Waals surface area (Å²) in [5.74, 6) is 0.851. The highest BCUT2D eigenvalue weighted by atomic mass is 16.5. The first kappa shape index (κ1) is 16.6. The van der Waals surface area contributed by atoms with Crippen LogP contribution in [0, 0.1) is 11.3 Å². The van der Waals surface area contributed by atoms with Crippen molar-refractivity contribution in [2.24, 2.45) is 0 Å². The van der Waals surface area contributed by atoms with E-state index in [1.807, 2.05) is 60.7 Å². The molecule has 0 aliphatic rings. The van der Waals surface area contributed by atoms with Crippen LogP contribution in [0.4, 0.5) is 0 Å². The van der Waals surface area contributed by atoms with Gasteiger partial charge in [-0.05, 0) is 47.9 Å². The summed E-state index contributed by atoms with van der Waals surface area (Å²) in [5, 5.41) is 8.82. The van der Waals surface area contributed by atoms with Crippen molar-refractivity contribution < 1.29 is 4.74 Å². The van der Waals surface area contributed by atoms with Crippen LogP contribution in [0.2, 0.25) is 0 Å². The lowest BCUT2D eigenvalue weighted by Crippen LogP contribution is -1.92. The maximum atomic E-state index is 8.82. The van der Waals surface area contributed by atoms with E-state index < -0.39 is 0 Å². The Morgan fingerprint density at radius 3 is 2.13 bits per heavy atom. The lowest BCUT2D eigenvalue weighted by atomic mass is 10.0. The van der Waals surface area contributed by atoms with E-state index in [1.165, 1.54) is 6.42 Å². The van der Waals surface area contributed by atoms with Crippen molar-refractivity contribution >= 4 is 0 Å². The molecule has 2 nitrogen and oxygen atoms in total. The van der Waals surface area contributed by atoms with E-state index in [0.29, 0.717) is 12.2 Å². The number of ether oxygens (including phenoxy) is 1. The third-order valence-corrected chi connectivity index (χ3v) is 3.39. The fourth-order valence-electron chi connectivity index (χ4n) is 2.10. The molecule has 0 aromatic heterocycles. The number of hydrogen-bond donors (Lipinski definition) is 0. The van der Waals surface area contributed by atoms with E-state index in [1.54, 1.807) is 0 Å². The standard InChI is InChI=1S/C21H21NO/c1-2-3-4-5-6-7-16-23-21-14-12-20(13-15-21)19-10-8-18(17-22)9-11-19/h4-15H,2-3,16H2,1H3. The molecule has 0 fully saturated rings. The van der Waals surface area contributed by atoms with Crippen LogP contribution in [0.25, 0.3) is 11.1 Å². The Labute approximate surface area is 138 Å². The summed E-state index contributed by atoms with van der Waals surface area (Å²) in [6, 6.07) is 17.7. The second kappa shape index (κ2) is 9.27. The van der Waals surface area contributed by atoms with Gasteiger partial charge in [-0.2, -0.15) is 5.26 Å². The van der Waals surface area contributed by atoms with Gasteiger partial charge in [0.2, 0.25) is 0 Å². The van der Waals surface area contributed by atoms with Crippen molar-refractivity contribution in [1.29, 1.82) is 5.26 Å². The third-order valence-electron chi connectivity index (χ3n) is 3.39. The zero-order chi connectivity index (χ0) is 16.3. The molecule has 0 aliphatic carbocycles. The quantitative estimate of drug-likeness (QED) is 0.631. The first-order valence-electron chi connectivity index (χ1n) is 7.88. The monoisotopic (exact) mass is 303 g/mol. The van der Waals surface area contributed by atoms with Gasteiger partial charge in [0.05, 0.1) is 11.6 Å². The van der Waals surface area contributed by atoms with Gasteiger partial charge in [0.15, 0.2) is 0 Å². The summed E-state index contributed by atoms with van der Waals surface area (Å²) in [5.41, 5.74) is 2.88. The van der Waals surface area contributed by atoms with E-state index in [0.717, 1.165) is 23.3 Å². The number of nitrogens with zero attached hydrogens (tertiary/aromatic N) is 1. The van der Waals surface area contributed by atoms with Gasteiger partial charge in [-0.1, -0.05) is 55.8 Å². The number of hydrogen-bond acceptors (Lipinski definition) is 2. The Morgan fingerprint density at radius 2 is 1.52 bits per heavy atom. The summed E-state index contributed by atoms with van der Waals surface area (Å²) in [4.78, 5) is 0. The number of benzene rings is 2. The predicted molar refractivity (Wildman–Crippen MR) is 95.3 cm³/mol. The minimum Gasteiger partial charge on any atom is -0.490 e. The van der Waals surface area contributed by atoms with Gasteiger partial charge in [-0.3, -0.25) is 0 Å². The molecule has 0 saturated carbocycles. The molecule has 23 heavy (non-hydrogen) atoms. The highest BCUT2D eigenvalue weighted by Gasteiger charge is 1.99. The molecule has 2 rings (SSSR count). The smallest absolute Gasteiger partial charge is 0.119 e. The van der Waals surface area contributed by atoms with Crippen molar-refractivity contribution in [3.8, 4) is 22.9 Å². The highest BCUT2D eigenvalue weighted by Crippen LogP contribution is 2.22. The number of nitriles is 1. The number of unbranched alkanes of at least 4 members (excludes halogenated alkanes) is 1. The highest BCUT2D eigenvalue weighted by molar-refractivity contribution is 5.64. The van der Waals surface area contributed by atoms with Crippen LogP contribution in [0.1, 0.15) is 25.3 Å². The van der Waals surface area contributed by atoms with Gasteiger partial charge in [-0.15, -0.1) is 0 Å². The van der Waals surface area contributed by atoms with Gasteiger partial charge in [-0.25, -0.2) is 0 Å². The molecule has 0 unspecified atom stereocenters. The molecule has 0 N–H and O–H groups in total. The van der Waals surface area contributed by atoms with E-state index in [2.05, 4.69) is 25.1 Å². The average Bonchev–Trinajstić information content (AvgIpc) is 2.61. The lowest BCUT2D eigenvalue weighted by Gasteiger charge is -2.05. The van der Waals surface area contributed by atoms with E-state index in [4.69, 9.17) is 10.00 Å². The molecule has 0 amide bonds. The van der Waals surface area contributed by atoms with Gasteiger partial charge in [0, 0.05) is 0 Å². The van der Waals surface area contributed by atoms with Crippen molar-refractivity contribution in [2.75, 3.05) is 6.61 Å². The van der Waals surface area contributed by atoms with Crippen molar-refractivity contribution in [2.45, 2.75) is 19.8 Å². The largest absolute Gasteiger partial charge is 0.490 e. The topological polar surface area (TPSA) is 33.0 Å². The summed E-state index contributed by atoms with van der Waals surface area (Å²) in [7, 11) is 0. The molecule has 0 bridgehead atoms. The molecule has 0 heterocycles. The Bertz CT molecular complexity index is 688. The zero-order valence-electron chi connectivity index (χ0n) is 13.4. The van der Waals surface area contributed by atoms with Crippen LogP contribution in [-0.2, 0) is 0 Å². The molecule has 0 spiro atoms. The fraction of sp³-hybridized carbons (Fsp3) is 0.190. The summed E-state index contributed by atoms with van der Waals surface area (Å²) >= 11 is 0. The Hall–Kier alpha value is -2.79. The summed E-state index contributed by atoms with van der Waals surface area (Å²) in [6.45, 7) is 2.73. The van der Waals surface area contributed by atoms with Crippen LogP contribution in [0.15, 0.2) is 72.8 Å². The van der Waals surface area contributed by atoms with Crippen molar-refractivity contribution in [1.82, 2.24) is 0 Å². The average molecular weight is 303 g/mol. The molecule has 2 aromatic carbocycles. The predicted octanol–water partition coefficient (Wildman–Crippen LogP) is 5.52. The Balaban J connectivity index is 1.88. The minimum atomic E-state index is 0.562. The second-order valence-corrected chi connectivity index (χ2v) is 5.17. The normalized spacial score (nSPS) is 11.0. The molecule has 2 heteroatoms. The van der Waals surface area contributed by atoms with Crippen molar-refractivity contribution in [3.63, 3.8) is 0 Å². The lowest BCUT2D eigenvalue weighted by molar-refractivity contribution is 0.363. The molecular formula is C21H21NO. The maximum absolute atomic E-state index is 8.82. The van der Waals surface area contributed by atoms with Crippen LogP contribution in [0.3, 0.4) is 0 Å². The zero-order valence-corrected chi connectivity index (χ0v) is 13.4. The molecule has 2 aromatic rings. The molecule has 116 valence electrons. The summed E-state index contributed by atoms with van der Waals surface area (Å²) in [6.07, 6.45) is 10.5. The van der Waals surface area contributed by atoms with E-state index in [9.17, 15) is 0 Å². The maximum Gasteiger partial charge on any atom is 0.119 e. The number of allylic oxidation sites excluding steroid dienone is 3. The Morgan fingerprint density at radius 1 is 0.913 bits per heavy atom. The minimum absolute atomic E-state index is 0.562. The second-order valence-electron chi connectivity index (χ2n) is 5.17. The van der Waals surface area contributed by atoms with Crippen LogP contribution in [0.5, 0.6) is 5.75 Å². The summed E-state index contributed by atoms with van der Waals surface area (Å²) < 4.78 is 5.68.